The Bertz CT molecular complexity index is 754. The molecule has 2 N–H and O–H groups in total. The maximum absolute atomic E-state index is 5.34. The summed E-state index contributed by atoms with van der Waals surface area (Å²) < 4.78 is 11.7. The molecule has 0 fully saturated rings. The molecule has 0 aromatic heterocycles. The van der Waals surface area contributed by atoms with Crippen LogP contribution in [0.15, 0.2) is 45.9 Å². The molecular formula is C19H25BrIN3O2. The predicted octanol–water partition coefficient (Wildman–Crippen LogP) is 4.26. The van der Waals surface area contributed by atoms with Gasteiger partial charge in [-0.3, -0.25) is 4.99 Å². The Morgan fingerprint density at radius 1 is 1.00 bits per heavy atom. The van der Waals surface area contributed by atoms with E-state index in [0.29, 0.717) is 13.1 Å². The van der Waals surface area contributed by atoms with Gasteiger partial charge in [-0.05, 0) is 47.9 Å². The zero-order valence-corrected chi connectivity index (χ0v) is 19.3. The maximum atomic E-state index is 5.34. The summed E-state index contributed by atoms with van der Waals surface area (Å²) >= 11 is 3.49. The summed E-state index contributed by atoms with van der Waals surface area (Å²) in [5.74, 6) is 2.19. The standard InChI is InChI=1S/C19H24BrN3O2.HI/c1-13-9-16(20)7-6-15(13)12-23-19(21-2)22-11-14-5-8-17(24-3)18(10-14)25-4;/h5-10H,11-12H2,1-4H3,(H2,21,22,23);1H. The van der Waals surface area contributed by atoms with Crippen molar-refractivity contribution in [2.24, 2.45) is 4.99 Å². The van der Waals surface area contributed by atoms with Crippen LogP contribution >= 0.6 is 39.9 Å². The van der Waals surface area contributed by atoms with E-state index in [0.717, 1.165) is 27.5 Å². The summed E-state index contributed by atoms with van der Waals surface area (Å²) in [7, 11) is 5.03. The fourth-order valence-electron chi connectivity index (χ4n) is 2.43. The van der Waals surface area contributed by atoms with E-state index in [2.05, 4.69) is 50.6 Å². The van der Waals surface area contributed by atoms with Gasteiger partial charge < -0.3 is 20.1 Å². The number of guanidine groups is 1. The molecule has 0 aliphatic carbocycles. The van der Waals surface area contributed by atoms with Gasteiger partial charge in [-0.25, -0.2) is 0 Å². The lowest BCUT2D eigenvalue weighted by atomic mass is 10.1. The highest BCUT2D eigenvalue weighted by Crippen LogP contribution is 2.27. The van der Waals surface area contributed by atoms with E-state index in [1.54, 1.807) is 21.3 Å². The first-order valence-corrected chi connectivity index (χ1v) is 8.77. The number of aryl methyl sites for hydroxylation is 1. The highest BCUT2D eigenvalue weighted by molar-refractivity contribution is 14.0. The third-order valence-electron chi connectivity index (χ3n) is 3.88. The quantitative estimate of drug-likeness (QED) is 0.331. The van der Waals surface area contributed by atoms with Crippen molar-refractivity contribution in [3.8, 4) is 11.5 Å². The molecule has 0 radical (unpaired) electrons. The number of ether oxygens (including phenoxy) is 2. The molecule has 142 valence electrons. The highest BCUT2D eigenvalue weighted by Gasteiger charge is 2.06. The first kappa shape index (κ1) is 22.6. The van der Waals surface area contributed by atoms with Crippen molar-refractivity contribution < 1.29 is 9.47 Å². The lowest BCUT2D eigenvalue weighted by Gasteiger charge is -2.14. The monoisotopic (exact) mass is 533 g/mol. The van der Waals surface area contributed by atoms with Gasteiger partial charge in [0.1, 0.15) is 0 Å². The highest BCUT2D eigenvalue weighted by atomic mass is 127. The van der Waals surface area contributed by atoms with Crippen molar-refractivity contribution >= 4 is 45.9 Å². The van der Waals surface area contributed by atoms with Crippen LogP contribution in [0, 0.1) is 6.92 Å². The largest absolute Gasteiger partial charge is 0.493 e. The van der Waals surface area contributed by atoms with E-state index in [4.69, 9.17) is 9.47 Å². The number of hydrogen-bond acceptors (Lipinski definition) is 3. The Morgan fingerprint density at radius 2 is 1.69 bits per heavy atom. The molecule has 0 unspecified atom stereocenters. The van der Waals surface area contributed by atoms with E-state index in [1.807, 2.05) is 24.3 Å². The van der Waals surface area contributed by atoms with Crippen molar-refractivity contribution in [3.63, 3.8) is 0 Å². The molecule has 26 heavy (non-hydrogen) atoms. The summed E-state index contributed by atoms with van der Waals surface area (Å²) in [5, 5.41) is 6.64. The third-order valence-corrected chi connectivity index (χ3v) is 4.38. The minimum Gasteiger partial charge on any atom is -0.493 e. The lowest BCUT2D eigenvalue weighted by molar-refractivity contribution is 0.354. The van der Waals surface area contributed by atoms with E-state index >= 15 is 0 Å². The fraction of sp³-hybridized carbons (Fsp3) is 0.316. The van der Waals surface area contributed by atoms with Crippen LogP contribution < -0.4 is 20.1 Å². The van der Waals surface area contributed by atoms with E-state index < -0.39 is 0 Å². The maximum Gasteiger partial charge on any atom is 0.191 e. The molecule has 2 aromatic rings. The fourth-order valence-corrected chi connectivity index (χ4v) is 2.91. The third kappa shape index (κ3) is 6.35. The number of benzene rings is 2. The van der Waals surface area contributed by atoms with E-state index in [-0.39, 0.29) is 24.0 Å². The molecule has 0 saturated carbocycles. The van der Waals surface area contributed by atoms with Crippen LogP contribution in [0.25, 0.3) is 0 Å². The van der Waals surface area contributed by atoms with Crippen molar-refractivity contribution in [1.82, 2.24) is 10.6 Å². The molecular weight excluding hydrogens is 509 g/mol. The summed E-state index contributed by atoms with van der Waals surface area (Å²) in [6, 6.07) is 12.1. The molecule has 2 aromatic carbocycles. The second-order valence-corrected chi connectivity index (χ2v) is 6.46. The molecule has 0 amide bonds. The molecule has 7 heteroatoms. The van der Waals surface area contributed by atoms with E-state index in [9.17, 15) is 0 Å². The Morgan fingerprint density at radius 3 is 2.31 bits per heavy atom. The van der Waals surface area contributed by atoms with Gasteiger partial charge in [0.15, 0.2) is 17.5 Å². The Balaban J connectivity index is 0.00000338. The first-order valence-electron chi connectivity index (χ1n) is 7.97. The van der Waals surface area contributed by atoms with Gasteiger partial charge in [0.25, 0.3) is 0 Å². The number of halogens is 2. The number of methoxy groups -OCH3 is 2. The normalized spacial score (nSPS) is 10.7. The van der Waals surface area contributed by atoms with Crippen LogP contribution in [0.2, 0.25) is 0 Å². The lowest BCUT2D eigenvalue weighted by Crippen LogP contribution is -2.36. The molecule has 0 saturated heterocycles. The Hall–Kier alpha value is -1.48. The molecule has 0 atom stereocenters. The number of rotatable bonds is 6. The predicted molar refractivity (Wildman–Crippen MR) is 121 cm³/mol. The van der Waals surface area contributed by atoms with Crippen LogP contribution in [0.1, 0.15) is 16.7 Å². The molecule has 0 heterocycles. The van der Waals surface area contributed by atoms with Crippen LogP contribution in [0.3, 0.4) is 0 Å². The second-order valence-electron chi connectivity index (χ2n) is 5.54. The van der Waals surface area contributed by atoms with Crippen molar-refractivity contribution in [1.29, 1.82) is 0 Å². The molecule has 0 bridgehead atoms. The number of hydrogen-bond donors (Lipinski definition) is 2. The van der Waals surface area contributed by atoms with Gasteiger partial charge in [-0.1, -0.05) is 28.1 Å². The second kappa shape index (κ2) is 11.3. The summed E-state index contributed by atoms with van der Waals surface area (Å²) in [5.41, 5.74) is 3.55. The molecule has 0 aliphatic rings. The van der Waals surface area contributed by atoms with Gasteiger partial charge >= 0.3 is 0 Å². The average molecular weight is 534 g/mol. The van der Waals surface area contributed by atoms with Gasteiger partial charge in [0.05, 0.1) is 14.2 Å². The average Bonchev–Trinajstić information content (AvgIpc) is 2.62. The molecule has 5 nitrogen and oxygen atoms in total. The van der Waals surface area contributed by atoms with E-state index in [1.165, 1.54) is 11.1 Å². The van der Waals surface area contributed by atoms with Crippen molar-refractivity contribution in [3.05, 3.63) is 57.6 Å². The van der Waals surface area contributed by atoms with Crippen molar-refractivity contribution in [2.75, 3.05) is 21.3 Å². The van der Waals surface area contributed by atoms with Crippen LogP contribution in [0.4, 0.5) is 0 Å². The number of nitrogens with one attached hydrogen (secondary N) is 2. The Labute approximate surface area is 180 Å². The van der Waals surface area contributed by atoms with Gasteiger partial charge in [-0.2, -0.15) is 0 Å². The smallest absolute Gasteiger partial charge is 0.191 e. The molecule has 0 spiro atoms. The topological polar surface area (TPSA) is 54.9 Å². The van der Waals surface area contributed by atoms with Gasteiger partial charge in [-0.15, -0.1) is 24.0 Å². The number of aliphatic imine (C=N–C) groups is 1. The minimum atomic E-state index is 0. The SMILES string of the molecule is CN=C(NCc1ccc(OC)c(OC)c1)NCc1ccc(Br)cc1C.I. The van der Waals surface area contributed by atoms with Crippen LogP contribution in [-0.4, -0.2) is 27.2 Å². The summed E-state index contributed by atoms with van der Waals surface area (Å²) in [6.45, 7) is 3.45. The minimum absolute atomic E-state index is 0. The molecule has 2 rings (SSSR count). The van der Waals surface area contributed by atoms with Crippen LogP contribution in [0.5, 0.6) is 11.5 Å². The van der Waals surface area contributed by atoms with Gasteiger partial charge in [0.2, 0.25) is 0 Å². The van der Waals surface area contributed by atoms with Crippen LogP contribution in [-0.2, 0) is 13.1 Å². The zero-order chi connectivity index (χ0) is 18.2. The van der Waals surface area contributed by atoms with Gasteiger partial charge in [0, 0.05) is 24.6 Å². The Kier molecular flexibility index (Phi) is 9.79. The zero-order valence-electron chi connectivity index (χ0n) is 15.4. The van der Waals surface area contributed by atoms with Crippen molar-refractivity contribution in [2.45, 2.75) is 20.0 Å². The molecule has 0 aliphatic heterocycles. The number of nitrogens with zero attached hydrogens (tertiary/aromatic N) is 1. The summed E-state index contributed by atoms with van der Waals surface area (Å²) in [4.78, 5) is 4.27. The first-order chi connectivity index (χ1) is 12.1. The summed E-state index contributed by atoms with van der Waals surface area (Å²) in [6.07, 6.45) is 0.